The highest BCUT2D eigenvalue weighted by molar-refractivity contribution is 7.87. The molecule has 17 heavy (non-hydrogen) atoms. The minimum Gasteiger partial charge on any atom is -0.265 e. The molecule has 2 rings (SSSR count). The van der Waals surface area contributed by atoms with Crippen LogP contribution in [0.25, 0.3) is 0 Å². The maximum Gasteiger partial charge on any atom is 0.523 e. The Hall–Kier alpha value is -1.15. The summed E-state index contributed by atoms with van der Waals surface area (Å²) in [5.74, 6) is 0. The zero-order valence-electron chi connectivity index (χ0n) is 8.59. The van der Waals surface area contributed by atoms with E-state index in [-0.39, 0.29) is 0 Å². The van der Waals surface area contributed by atoms with Gasteiger partial charge in [0.25, 0.3) is 0 Å². The van der Waals surface area contributed by atoms with Crippen molar-refractivity contribution in [3.63, 3.8) is 0 Å². The molecule has 1 aromatic rings. The Kier molecular flexibility index (Phi) is 4.47. The summed E-state index contributed by atoms with van der Waals surface area (Å²) < 4.78 is 58.6. The molecule has 1 aliphatic carbocycles. The van der Waals surface area contributed by atoms with Crippen molar-refractivity contribution in [1.29, 1.82) is 0 Å². The highest BCUT2D eigenvalue weighted by atomic mass is 32.2. The molecule has 1 saturated carbocycles. The summed E-state index contributed by atoms with van der Waals surface area (Å²) >= 11 is 0. The molecule has 0 N–H and O–H groups in total. The molecule has 0 amide bonds. The van der Waals surface area contributed by atoms with E-state index in [1.54, 1.807) is 12.4 Å². The predicted molar refractivity (Wildman–Crippen MR) is 53.3 cm³/mol. The topological polar surface area (TPSA) is 56.3 Å². The van der Waals surface area contributed by atoms with Gasteiger partial charge in [0, 0.05) is 12.4 Å². The van der Waals surface area contributed by atoms with E-state index in [9.17, 15) is 21.6 Å². The number of pyridine rings is 1. The summed E-state index contributed by atoms with van der Waals surface area (Å²) in [6.45, 7) is 0. The number of aromatic nitrogens is 1. The first kappa shape index (κ1) is 13.9. The van der Waals surface area contributed by atoms with Crippen molar-refractivity contribution < 1.29 is 25.8 Å². The standard InChI is InChI=1S/C5H5N.C4H5F3O3S/c1-2-4-6-5-3-1;5-4(6,7)11(8,9)10-3-1-2-3/h1-5H;3H,1-2H2. The minimum absolute atomic E-state index is 0.384. The van der Waals surface area contributed by atoms with Gasteiger partial charge >= 0.3 is 15.6 Å². The first-order valence-electron chi connectivity index (χ1n) is 4.67. The van der Waals surface area contributed by atoms with Crippen LogP contribution in [0.15, 0.2) is 30.6 Å². The van der Waals surface area contributed by atoms with E-state index in [1.165, 1.54) is 0 Å². The molecular formula is C9H10F3NO3S. The molecule has 0 unspecified atom stereocenters. The van der Waals surface area contributed by atoms with Crippen LogP contribution in [0.2, 0.25) is 0 Å². The smallest absolute Gasteiger partial charge is 0.265 e. The van der Waals surface area contributed by atoms with Crippen LogP contribution in [0.5, 0.6) is 0 Å². The second kappa shape index (κ2) is 5.46. The van der Waals surface area contributed by atoms with Crippen molar-refractivity contribution in [2.24, 2.45) is 0 Å². The fourth-order valence-corrected chi connectivity index (χ4v) is 1.37. The van der Waals surface area contributed by atoms with Crippen molar-refractivity contribution in [2.45, 2.75) is 24.5 Å². The maximum absolute atomic E-state index is 11.5. The highest BCUT2D eigenvalue weighted by Gasteiger charge is 2.49. The lowest BCUT2D eigenvalue weighted by Crippen LogP contribution is -2.26. The lowest BCUT2D eigenvalue weighted by molar-refractivity contribution is -0.0548. The third-order valence-electron chi connectivity index (χ3n) is 1.64. The van der Waals surface area contributed by atoms with Crippen LogP contribution in [-0.2, 0) is 14.3 Å². The van der Waals surface area contributed by atoms with Crippen LogP contribution in [-0.4, -0.2) is 25.0 Å². The second-order valence-corrected chi connectivity index (χ2v) is 4.78. The van der Waals surface area contributed by atoms with Gasteiger partial charge in [-0.2, -0.15) is 21.6 Å². The fourth-order valence-electron chi connectivity index (χ4n) is 0.711. The molecule has 1 fully saturated rings. The lowest BCUT2D eigenvalue weighted by atomic mass is 10.5. The molecule has 8 heteroatoms. The number of alkyl halides is 3. The number of halogens is 3. The molecule has 0 spiro atoms. The van der Waals surface area contributed by atoms with Gasteiger partial charge in [0.1, 0.15) is 0 Å². The zero-order valence-corrected chi connectivity index (χ0v) is 9.41. The Balaban J connectivity index is 0.000000202. The van der Waals surface area contributed by atoms with Gasteiger partial charge < -0.3 is 0 Å². The monoisotopic (exact) mass is 269 g/mol. The summed E-state index contributed by atoms with van der Waals surface area (Å²) in [4.78, 5) is 3.78. The first-order chi connectivity index (χ1) is 7.83. The summed E-state index contributed by atoms with van der Waals surface area (Å²) in [6, 6.07) is 5.72. The van der Waals surface area contributed by atoms with E-state index >= 15 is 0 Å². The normalized spacial score (nSPS) is 15.9. The fraction of sp³-hybridized carbons (Fsp3) is 0.444. The van der Waals surface area contributed by atoms with E-state index in [0.29, 0.717) is 12.8 Å². The molecular weight excluding hydrogens is 259 g/mol. The average Bonchev–Trinajstić information content (AvgIpc) is 3.03. The molecule has 0 radical (unpaired) electrons. The molecule has 1 aliphatic rings. The van der Waals surface area contributed by atoms with Crippen molar-refractivity contribution in [1.82, 2.24) is 4.98 Å². The lowest BCUT2D eigenvalue weighted by Gasteiger charge is -2.06. The van der Waals surface area contributed by atoms with Gasteiger partial charge in [0.15, 0.2) is 0 Å². The van der Waals surface area contributed by atoms with Gasteiger partial charge in [-0.25, -0.2) is 0 Å². The van der Waals surface area contributed by atoms with E-state index in [1.807, 2.05) is 18.2 Å². The molecule has 1 aromatic heterocycles. The van der Waals surface area contributed by atoms with Gasteiger partial charge in [0.05, 0.1) is 6.10 Å². The Labute approximate surface area is 96.6 Å². The number of nitrogens with zero attached hydrogens (tertiary/aromatic N) is 1. The molecule has 1 heterocycles. The SMILES string of the molecule is O=S(=O)(OC1CC1)C(F)(F)F.c1ccncc1. The van der Waals surface area contributed by atoms with Gasteiger partial charge in [-0.05, 0) is 25.0 Å². The second-order valence-electron chi connectivity index (χ2n) is 3.22. The quantitative estimate of drug-likeness (QED) is 0.609. The Morgan fingerprint density at radius 3 is 1.88 bits per heavy atom. The zero-order chi connectivity index (χ0) is 12.9. The first-order valence-corrected chi connectivity index (χ1v) is 6.08. The minimum atomic E-state index is -5.33. The van der Waals surface area contributed by atoms with Crippen molar-refractivity contribution >= 4 is 10.1 Å². The van der Waals surface area contributed by atoms with Gasteiger partial charge in [0.2, 0.25) is 0 Å². The van der Waals surface area contributed by atoms with E-state index in [0.717, 1.165) is 0 Å². The third-order valence-corrected chi connectivity index (χ3v) is 2.73. The van der Waals surface area contributed by atoms with Crippen LogP contribution < -0.4 is 0 Å². The van der Waals surface area contributed by atoms with Crippen LogP contribution in [0, 0.1) is 0 Å². The van der Waals surface area contributed by atoms with Gasteiger partial charge in [-0.1, -0.05) is 6.07 Å². The Morgan fingerprint density at radius 2 is 1.65 bits per heavy atom. The van der Waals surface area contributed by atoms with Crippen molar-refractivity contribution in [3.8, 4) is 0 Å². The number of rotatable bonds is 2. The highest BCUT2D eigenvalue weighted by Crippen LogP contribution is 2.32. The summed E-state index contributed by atoms with van der Waals surface area (Å²) in [5, 5.41) is 0. The summed E-state index contributed by atoms with van der Waals surface area (Å²) in [6.07, 6.45) is 3.52. The predicted octanol–water partition coefficient (Wildman–Crippen LogP) is 2.10. The molecule has 0 saturated heterocycles. The summed E-state index contributed by atoms with van der Waals surface area (Å²) in [7, 11) is -5.33. The molecule has 4 nitrogen and oxygen atoms in total. The van der Waals surface area contributed by atoms with E-state index < -0.39 is 21.7 Å². The molecule has 0 bridgehead atoms. The Morgan fingerprint density at radius 1 is 1.12 bits per heavy atom. The van der Waals surface area contributed by atoms with E-state index in [2.05, 4.69) is 9.17 Å². The number of hydrogen-bond donors (Lipinski definition) is 0. The van der Waals surface area contributed by atoms with Gasteiger partial charge in [-0.3, -0.25) is 9.17 Å². The molecule has 0 aliphatic heterocycles. The maximum atomic E-state index is 11.5. The van der Waals surface area contributed by atoms with Crippen LogP contribution in [0.3, 0.4) is 0 Å². The van der Waals surface area contributed by atoms with Crippen LogP contribution >= 0.6 is 0 Å². The summed E-state index contributed by atoms with van der Waals surface area (Å²) in [5.41, 5.74) is -5.28. The van der Waals surface area contributed by atoms with Crippen molar-refractivity contribution in [2.75, 3.05) is 0 Å². The largest absolute Gasteiger partial charge is 0.523 e. The average molecular weight is 269 g/mol. The van der Waals surface area contributed by atoms with E-state index in [4.69, 9.17) is 0 Å². The Bertz CT molecular complexity index is 402. The van der Waals surface area contributed by atoms with Crippen LogP contribution in [0.1, 0.15) is 12.8 Å². The molecule has 0 aromatic carbocycles. The third kappa shape index (κ3) is 5.14. The van der Waals surface area contributed by atoms with Gasteiger partial charge in [-0.15, -0.1) is 0 Å². The van der Waals surface area contributed by atoms with Crippen molar-refractivity contribution in [3.05, 3.63) is 30.6 Å². The molecule has 96 valence electrons. The molecule has 0 atom stereocenters. The number of hydrogen-bond acceptors (Lipinski definition) is 4. The van der Waals surface area contributed by atoms with Crippen LogP contribution in [0.4, 0.5) is 13.2 Å².